The van der Waals surface area contributed by atoms with Crippen LogP contribution >= 0.6 is 0 Å². The highest BCUT2D eigenvalue weighted by atomic mass is 16.6. The Bertz CT molecular complexity index is 505. The van der Waals surface area contributed by atoms with Crippen LogP contribution in [-0.2, 0) is 0 Å². The maximum atomic E-state index is 11.7. The molecule has 0 unspecified atom stereocenters. The maximum absolute atomic E-state index is 11.7. The van der Waals surface area contributed by atoms with Crippen molar-refractivity contribution in [1.29, 1.82) is 0 Å². The van der Waals surface area contributed by atoms with E-state index in [4.69, 9.17) is 0 Å². The molecule has 1 rings (SSSR count). The summed E-state index contributed by atoms with van der Waals surface area (Å²) in [5.41, 5.74) is 0.0116. The molecule has 1 heterocycles. The summed E-state index contributed by atoms with van der Waals surface area (Å²) in [7, 11) is 0. The van der Waals surface area contributed by atoms with Gasteiger partial charge in [-0.25, -0.2) is 9.97 Å². The molecule has 130 valence electrons. The van der Waals surface area contributed by atoms with Crippen molar-refractivity contribution < 1.29 is 4.92 Å². The lowest BCUT2D eigenvalue weighted by atomic mass is 10.1. The summed E-state index contributed by atoms with van der Waals surface area (Å²) < 4.78 is 0. The highest BCUT2D eigenvalue weighted by molar-refractivity contribution is 5.71. The fraction of sp³-hybridized carbons (Fsp3) is 0.750. The van der Waals surface area contributed by atoms with E-state index < -0.39 is 0 Å². The molecule has 0 N–H and O–H groups in total. The van der Waals surface area contributed by atoms with Gasteiger partial charge in [0.15, 0.2) is 0 Å². The van der Waals surface area contributed by atoms with E-state index in [1.54, 1.807) is 0 Å². The first-order valence-electron chi connectivity index (χ1n) is 8.30. The third-order valence-corrected chi connectivity index (χ3v) is 3.50. The SMILES string of the molecule is CCN(CC)c1ncnc(N(CC(C)C)CC(C)C)c1[N+](=O)[O-]. The Balaban J connectivity index is 3.41. The minimum Gasteiger partial charge on any atom is -0.351 e. The Morgan fingerprint density at radius 3 is 1.78 bits per heavy atom. The van der Waals surface area contributed by atoms with Crippen molar-refractivity contribution in [2.24, 2.45) is 11.8 Å². The van der Waals surface area contributed by atoms with Crippen LogP contribution in [0.1, 0.15) is 41.5 Å². The number of aromatic nitrogens is 2. The van der Waals surface area contributed by atoms with Crippen LogP contribution in [0.3, 0.4) is 0 Å². The average Bonchev–Trinajstić information content (AvgIpc) is 2.46. The van der Waals surface area contributed by atoms with Crippen LogP contribution in [0.25, 0.3) is 0 Å². The van der Waals surface area contributed by atoms with E-state index in [2.05, 4.69) is 37.7 Å². The number of hydrogen-bond acceptors (Lipinski definition) is 6. The fourth-order valence-corrected chi connectivity index (χ4v) is 2.64. The van der Waals surface area contributed by atoms with Gasteiger partial charge in [0.2, 0.25) is 11.6 Å². The number of nitrogens with zero attached hydrogens (tertiary/aromatic N) is 5. The summed E-state index contributed by atoms with van der Waals surface area (Å²) in [6.07, 6.45) is 1.43. The first-order chi connectivity index (χ1) is 10.8. The Kier molecular flexibility index (Phi) is 7.19. The van der Waals surface area contributed by atoms with Crippen molar-refractivity contribution in [3.05, 3.63) is 16.4 Å². The van der Waals surface area contributed by atoms with E-state index in [-0.39, 0.29) is 10.6 Å². The van der Waals surface area contributed by atoms with E-state index in [1.807, 2.05) is 23.6 Å². The first-order valence-corrected chi connectivity index (χ1v) is 8.30. The molecular weight excluding hydrogens is 294 g/mol. The molecule has 1 aromatic heterocycles. The smallest absolute Gasteiger partial charge is 0.351 e. The van der Waals surface area contributed by atoms with Gasteiger partial charge >= 0.3 is 5.69 Å². The summed E-state index contributed by atoms with van der Waals surface area (Å²) >= 11 is 0. The molecule has 7 nitrogen and oxygen atoms in total. The molecule has 0 bridgehead atoms. The van der Waals surface area contributed by atoms with Crippen molar-refractivity contribution in [2.75, 3.05) is 36.0 Å². The molecule has 0 saturated carbocycles. The second kappa shape index (κ2) is 8.64. The van der Waals surface area contributed by atoms with Crippen LogP contribution in [0.2, 0.25) is 0 Å². The van der Waals surface area contributed by atoms with Gasteiger partial charge in [-0.05, 0) is 25.7 Å². The van der Waals surface area contributed by atoms with Crippen LogP contribution in [0.4, 0.5) is 17.3 Å². The molecule has 0 fully saturated rings. The summed E-state index contributed by atoms with van der Waals surface area (Å²) in [6, 6.07) is 0. The minimum absolute atomic E-state index is 0.0116. The lowest BCUT2D eigenvalue weighted by molar-refractivity contribution is -0.383. The zero-order valence-corrected chi connectivity index (χ0v) is 15.1. The van der Waals surface area contributed by atoms with Crippen LogP contribution < -0.4 is 9.80 Å². The number of nitro groups is 1. The van der Waals surface area contributed by atoms with Crippen molar-refractivity contribution in [3.8, 4) is 0 Å². The van der Waals surface area contributed by atoms with E-state index >= 15 is 0 Å². The molecule has 0 amide bonds. The molecule has 1 aromatic rings. The van der Waals surface area contributed by atoms with Gasteiger partial charge in [-0.2, -0.15) is 0 Å². The van der Waals surface area contributed by atoms with Crippen molar-refractivity contribution in [3.63, 3.8) is 0 Å². The van der Waals surface area contributed by atoms with E-state index in [0.717, 1.165) is 13.1 Å². The lowest BCUT2D eigenvalue weighted by Crippen LogP contribution is -2.33. The highest BCUT2D eigenvalue weighted by Crippen LogP contribution is 2.34. The third kappa shape index (κ3) is 5.04. The largest absolute Gasteiger partial charge is 0.353 e. The molecule has 0 saturated heterocycles. The van der Waals surface area contributed by atoms with Gasteiger partial charge in [0.25, 0.3) is 0 Å². The van der Waals surface area contributed by atoms with E-state index in [9.17, 15) is 10.1 Å². The zero-order valence-electron chi connectivity index (χ0n) is 15.1. The Morgan fingerprint density at radius 1 is 1.00 bits per heavy atom. The van der Waals surface area contributed by atoms with Gasteiger partial charge in [-0.15, -0.1) is 0 Å². The van der Waals surface area contributed by atoms with E-state index in [1.165, 1.54) is 6.33 Å². The monoisotopic (exact) mass is 323 g/mol. The topological polar surface area (TPSA) is 75.4 Å². The van der Waals surface area contributed by atoms with Gasteiger partial charge < -0.3 is 9.80 Å². The van der Waals surface area contributed by atoms with Gasteiger partial charge in [-0.3, -0.25) is 10.1 Å². The number of hydrogen-bond donors (Lipinski definition) is 0. The Hall–Kier alpha value is -1.92. The Morgan fingerprint density at radius 2 is 1.43 bits per heavy atom. The number of anilines is 2. The van der Waals surface area contributed by atoms with Crippen LogP contribution in [0.5, 0.6) is 0 Å². The van der Waals surface area contributed by atoms with Crippen LogP contribution in [0.15, 0.2) is 6.33 Å². The molecule has 0 atom stereocenters. The van der Waals surface area contributed by atoms with Crippen molar-refractivity contribution in [1.82, 2.24) is 9.97 Å². The normalized spacial score (nSPS) is 11.1. The summed E-state index contributed by atoms with van der Waals surface area (Å²) in [6.45, 7) is 15.1. The maximum Gasteiger partial charge on any atom is 0.353 e. The predicted octanol–water partition coefficient (Wildman–Crippen LogP) is 3.35. The molecule has 0 aliphatic heterocycles. The molecule has 0 aliphatic carbocycles. The van der Waals surface area contributed by atoms with Gasteiger partial charge in [0.1, 0.15) is 6.33 Å². The minimum atomic E-state index is -0.351. The molecule has 7 heteroatoms. The standard InChI is InChI=1S/C16H29N5O2/c1-7-19(8-2)15-14(21(22)23)16(18-11-17-15)20(9-12(3)4)10-13(5)6/h11-13H,7-10H2,1-6H3. The predicted molar refractivity (Wildman–Crippen MR) is 94.1 cm³/mol. The molecule has 0 spiro atoms. The molecular formula is C16H29N5O2. The lowest BCUT2D eigenvalue weighted by Gasteiger charge is -2.28. The molecule has 0 radical (unpaired) electrons. The second-order valence-electron chi connectivity index (χ2n) is 6.49. The van der Waals surface area contributed by atoms with Crippen molar-refractivity contribution in [2.45, 2.75) is 41.5 Å². The second-order valence-corrected chi connectivity index (χ2v) is 6.49. The molecule has 0 aliphatic rings. The first kappa shape index (κ1) is 19.1. The summed E-state index contributed by atoms with van der Waals surface area (Å²) in [5.74, 6) is 1.61. The van der Waals surface area contributed by atoms with Crippen LogP contribution in [-0.4, -0.2) is 41.1 Å². The van der Waals surface area contributed by atoms with Crippen molar-refractivity contribution >= 4 is 17.3 Å². The molecule has 0 aromatic carbocycles. The van der Waals surface area contributed by atoms with Gasteiger partial charge in [0, 0.05) is 26.2 Å². The average molecular weight is 323 g/mol. The fourth-order valence-electron chi connectivity index (χ4n) is 2.64. The van der Waals surface area contributed by atoms with Crippen LogP contribution in [0, 0.1) is 22.0 Å². The van der Waals surface area contributed by atoms with E-state index in [0.29, 0.717) is 36.6 Å². The van der Waals surface area contributed by atoms with Gasteiger partial charge in [0.05, 0.1) is 4.92 Å². The molecule has 23 heavy (non-hydrogen) atoms. The van der Waals surface area contributed by atoms with Gasteiger partial charge in [-0.1, -0.05) is 27.7 Å². The number of rotatable bonds is 9. The Labute approximate surface area is 138 Å². The highest BCUT2D eigenvalue weighted by Gasteiger charge is 2.29. The quantitative estimate of drug-likeness (QED) is 0.512. The summed E-state index contributed by atoms with van der Waals surface area (Å²) in [4.78, 5) is 23.7. The zero-order chi connectivity index (χ0) is 17.6. The third-order valence-electron chi connectivity index (χ3n) is 3.50. The summed E-state index contributed by atoms with van der Waals surface area (Å²) in [5, 5.41) is 11.7.